The van der Waals surface area contributed by atoms with Gasteiger partial charge >= 0.3 is 24.0 Å². The van der Waals surface area contributed by atoms with Crippen LogP contribution in [0.1, 0.15) is 34.1 Å². The molecular weight excluding hydrogens is 363 g/mol. The molecule has 0 aromatic carbocycles. The molecule has 0 bridgehead atoms. The quantitative estimate of drug-likeness (QED) is 0.515. The minimum absolute atomic E-state index is 0.140. The Morgan fingerprint density at radius 1 is 0.920 bits per heavy atom. The Balaban J connectivity index is 5.34. The molecule has 1 N–H and O–H groups in total. The molecule has 0 saturated carbocycles. The molecule has 0 rings (SSSR count). The van der Waals surface area contributed by atoms with Crippen molar-refractivity contribution in [2.75, 3.05) is 6.61 Å². The van der Waals surface area contributed by atoms with E-state index in [-0.39, 0.29) is 24.9 Å². The van der Waals surface area contributed by atoms with Gasteiger partial charge in [0.2, 0.25) is 0 Å². The second-order valence-corrected chi connectivity index (χ2v) is 6.33. The highest BCUT2D eigenvalue weighted by Gasteiger charge is 2.76. The van der Waals surface area contributed by atoms with Crippen LogP contribution in [0.5, 0.6) is 0 Å². The molecular formula is C14H20F7NO3. The molecule has 0 aromatic heterocycles. The highest BCUT2D eigenvalue weighted by atomic mass is 19.4. The molecule has 0 aliphatic heterocycles. The van der Waals surface area contributed by atoms with Crippen molar-refractivity contribution in [2.45, 2.75) is 58.2 Å². The Morgan fingerprint density at radius 3 is 1.76 bits per heavy atom. The van der Waals surface area contributed by atoms with E-state index in [9.17, 15) is 40.3 Å². The summed E-state index contributed by atoms with van der Waals surface area (Å²) in [5, 5.41) is 1.25. The lowest BCUT2D eigenvalue weighted by atomic mass is 10.0. The standard InChI is InChI=1S/C14H20F7NO3/c1-7(2)5-9(10(23)25-6-8(3)4)22-11(24)12(15,16)13(17,18)14(19,20)21/h7-9H,5-6H2,1-4H3,(H,22,24). The Hall–Kier alpha value is -1.55. The number of carbonyl (C=O) groups excluding carboxylic acids is 2. The lowest BCUT2D eigenvalue weighted by molar-refractivity contribution is -0.344. The SMILES string of the molecule is CC(C)COC(=O)C(CC(C)C)NC(=O)C(F)(F)C(F)(F)C(F)(F)F. The van der Waals surface area contributed by atoms with E-state index in [1.54, 1.807) is 13.8 Å². The van der Waals surface area contributed by atoms with E-state index in [1.807, 2.05) is 0 Å². The van der Waals surface area contributed by atoms with E-state index >= 15 is 0 Å². The smallest absolute Gasteiger partial charge is 0.460 e. The highest BCUT2D eigenvalue weighted by Crippen LogP contribution is 2.46. The summed E-state index contributed by atoms with van der Waals surface area (Å²) in [6.45, 7) is 6.22. The van der Waals surface area contributed by atoms with Crippen LogP contribution in [0, 0.1) is 11.8 Å². The van der Waals surface area contributed by atoms with Gasteiger partial charge in [0, 0.05) is 0 Å². The maximum absolute atomic E-state index is 13.3. The molecule has 0 saturated heterocycles. The fourth-order valence-corrected chi connectivity index (χ4v) is 1.60. The predicted octanol–water partition coefficient (Wildman–Crippen LogP) is 3.55. The minimum atomic E-state index is -6.64. The Labute approximate surface area is 140 Å². The van der Waals surface area contributed by atoms with Crippen LogP contribution < -0.4 is 5.32 Å². The van der Waals surface area contributed by atoms with Gasteiger partial charge in [0.1, 0.15) is 6.04 Å². The summed E-state index contributed by atoms with van der Waals surface area (Å²) in [6, 6.07) is -1.78. The van der Waals surface area contributed by atoms with Crippen molar-refractivity contribution < 1.29 is 45.1 Å². The first-order valence-corrected chi connectivity index (χ1v) is 7.34. The molecule has 0 aromatic rings. The molecule has 1 unspecified atom stereocenters. The Kier molecular flexibility index (Phi) is 7.71. The zero-order valence-electron chi connectivity index (χ0n) is 14.0. The van der Waals surface area contributed by atoms with E-state index in [0.717, 1.165) is 0 Å². The van der Waals surface area contributed by atoms with Crippen molar-refractivity contribution in [1.29, 1.82) is 0 Å². The van der Waals surface area contributed by atoms with Crippen LogP contribution in [0.2, 0.25) is 0 Å². The van der Waals surface area contributed by atoms with Crippen molar-refractivity contribution in [3.8, 4) is 0 Å². The van der Waals surface area contributed by atoms with Gasteiger partial charge < -0.3 is 10.1 Å². The number of ether oxygens (including phenoxy) is 1. The van der Waals surface area contributed by atoms with Crippen LogP contribution in [0.3, 0.4) is 0 Å². The van der Waals surface area contributed by atoms with E-state index in [0.29, 0.717) is 0 Å². The summed E-state index contributed by atoms with van der Waals surface area (Å²) in [5.41, 5.74) is 0. The molecule has 0 aliphatic rings. The van der Waals surface area contributed by atoms with Crippen LogP contribution in [0.25, 0.3) is 0 Å². The normalized spacial score (nSPS) is 14.6. The summed E-state index contributed by atoms with van der Waals surface area (Å²) in [4.78, 5) is 23.1. The Bertz CT molecular complexity index is 476. The first-order chi connectivity index (χ1) is 11.0. The fraction of sp³-hybridized carbons (Fsp3) is 0.857. The topological polar surface area (TPSA) is 55.4 Å². The van der Waals surface area contributed by atoms with Gasteiger partial charge in [-0.25, -0.2) is 4.79 Å². The maximum atomic E-state index is 13.3. The van der Waals surface area contributed by atoms with Crippen LogP contribution in [0.4, 0.5) is 30.7 Å². The molecule has 11 heteroatoms. The van der Waals surface area contributed by atoms with E-state index < -0.39 is 35.9 Å². The Morgan fingerprint density at radius 2 is 1.40 bits per heavy atom. The zero-order valence-corrected chi connectivity index (χ0v) is 14.0. The van der Waals surface area contributed by atoms with Gasteiger partial charge in [0.05, 0.1) is 6.61 Å². The van der Waals surface area contributed by atoms with E-state index in [1.165, 1.54) is 19.2 Å². The van der Waals surface area contributed by atoms with Crippen molar-refractivity contribution in [1.82, 2.24) is 5.32 Å². The predicted molar refractivity (Wildman–Crippen MR) is 73.1 cm³/mol. The molecule has 0 spiro atoms. The van der Waals surface area contributed by atoms with Gasteiger partial charge in [0.25, 0.3) is 5.91 Å². The average Bonchev–Trinajstić information content (AvgIpc) is 2.41. The minimum Gasteiger partial charge on any atom is -0.464 e. The van der Waals surface area contributed by atoms with Crippen molar-refractivity contribution in [3.05, 3.63) is 0 Å². The monoisotopic (exact) mass is 383 g/mol. The lowest BCUT2D eigenvalue weighted by Crippen LogP contribution is -2.61. The van der Waals surface area contributed by atoms with E-state index in [4.69, 9.17) is 4.74 Å². The van der Waals surface area contributed by atoms with E-state index in [2.05, 4.69) is 0 Å². The van der Waals surface area contributed by atoms with Crippen LogP contribution in [-0.4, -0.2) is 42.5 Å². The number of hydrogen-bond acceptors (Lipinski definition) is 3. The second-order valence-electron chi connectivity index (χ2n) is 6.33. The van der Waals surface area contributed by atoms with Crippen molar-refractivity contribution in [2.24, 2.45) is 11.8 Å². The second kappa shape index (κ2) is 8.22. The number of hydrogen-bond donors (Lipinski definition) is 1. The number of nitrogens with one attached hydrogen (secondary N) is 1. The molecule has 25 heavy (non-hydrogen) atoms. The third-order valence-electron chi connectivity index (χ3n) is 2.89. The summed E-state index contributed by atoms with van der Waals surface area (Å²) in [7, 11) is 0. The van der Waals surface area contributed by atoms with Gasteiger partial charge in [-0.15, -0.1) is 0 Å². The van der Waals surface area contributed by atoms with Crippen molar-refractivity contribution in [3.63, 3.8) is 0 Å². The van der Waals surface area contributed by atoms with Gasteiger partial charge in [0.15, 0.2) is 0 Å². The number of amides is 1. The molecule has 0 radical (unpaired) electrons. The molecule has 0 heterocycles. The fourth-order valence-electron chi connectivity index (χ4n) is 1.60. The summed E-state index contributed by atoms with van der Waals surface area (Å²) < 4.78 is 93.4. The number of alkyl halides is 7. The van der Waals surface area contributed by atoms with Crippen LogP contribution >= 0.6 is 0 Å². The van der Waals surface area contributed by atoms with Gasteiger partial charge in [-0.2, -0.15) is 30.7 Å². The molecule has 4 nitrogen and oxygen atoms in total. The summed E-state index contributed by atoms with van der Waals surface area (Å²) >= 11 is 0. The maximum Gasteiger partial charge on any atom is 0.460 e. The number of halogens is 7. The van der Waals surface area contributed by atoms with Crippen LogP contribution in [0.15, 0.2) is 0 Å². The molecule has 148 valence electrons. The van der Waals surface area contributed by atoms with Gasteiger partial charge in [-0.3, -0.25) is 4.79 Å². The molecule has 0 aliphatic carbocycles. The first-order valence-electron chi connectivity index (χ1n) is 7.34. The van der Waals surface area contributed by atoms with Crippen molar-refractivity contribution >= 4 is 11.9 Å². The summed E-state index contributed by atoms with van der Waals surface area (Å²) in [5.74, 6) is -17.3. The lowest BCUT2D eigenvalue weighted by Gasteiger charge is -2.29. The first kappa shape index (κ1) is 23.4. The summed E-state index contributed by atoms with van der Waals surface area (Å²) in [6.07, 6.45) is -6.92. The third kappa shape index (κ3) is 6.03. The zero-order chi connectivity index (χ0) is 20.2. The highest BCUT2D eigenvalue weighted by molar-refractivity contribution is 5.89. The average molecular weight is 383 g/mol. The largest absolute Gasteiger partial charge is 0.464 e. The molecule has 1 amide bonds. The molecule has 1 atom stereocenters. The van der Waals surface area contributed by atoms with Gasteiger partial charge in [-0.1, -0.05) is 27.7 Å². The van der Waals surface area contributed by atoms with Crippen LogP contribution in [-0.2, 0) is 14.3 Å². The third-order valence-corrected chi connectivity index (χ3v) is 2.89. The number of carbonyl (C=O) groups is 2. The number of rotatable bonds is 8. The molecule has 0 fully saturated rings. The number of esters is 1. The van der Waals surface area contributed by atoms with Gasteiger partial charge in [-0.05, 0) is 18.3 Å².